The molecule has 0 aliphatic carbocycles. The second kappa shape index (κ2) is 3.52. The van der Waals surface area contributed by atoms with Crippen molar-refractivity contribution >= 4 is 16.9 Å². The van der Waals surface area contributed by atoms with E-state index in [0.717, 1.165) is 22.3 Å². The van der Waals surface area contributed by atoms with Gasteiger partial charge in [0, 0.05) is 30.1 Å². The van der Waals surface area contributed by atoms with Gasteiger partial charge in [0.1, 0.15) is 5.75 Å². The van der Waals surface area contributed by atoms with Crippen LogP contribution >= 0.6 is 0 Å². The number of methoxy groups -OCH3 is 1. The lowest BCUT2D eigenvalue weighted by Gasteiger charge is -2.05. The molecule has 0 spiro atoms. The van der Waals surface area contributed by atoms with Gasteiger partial charge < -0.3 is 14.4 Å². The van der Waals surface area contributed by atoms with Crippen molar-refractivity contribution in [3.8, 4) is 5.75 Å². The molecule has 1 aliphatic rings. The van der Waals surface area contributed by atoms with Gasteiger partial charge in [0.05, 0.1) is 18.5 Å². The molecule has 0 amide bonds. The highest BCUT2D eigenvalue weighted by molar-refractivity contribution is 5.84. The minimum absolute atomic E-state index is 0.291. The fourth-order valence-corrected chi connectivity index (χ4v) is 2.51. The molecule has 3 rings (SSSR count). The van der Waals surface area contributed by atoms with E-state index >= 15 is 0 Å². The topological polar surface area (TPSA) is 51.5 Å². The second-order valence-corrected chi connectivity index (χ2v) is 4.41. The summed E-state index contributed by atoms with van der Waals surface area (Å²) in [5.74, 6) is -0.206. The summed E-state index contributed by atoms with van der Waals surface area (Å²) in [6, 6.07) is 7.96. The quantitative estimate of drug-likeness (QED) is 0.858. The van der Waals surface area contributed by atoms with Crippen LogP contribution in [-0.4, -0.2) is 22.8 Å². The molecule has 88 valence electrons. The first kappa shape index (κ1) is 10.2. The van der Waals surface area contributed by atoms with Crippen molar-refractivity contribution in [2.75, 3.05) is 7.11 Å². The second-order valence-electron chi connectivity index (χ2n) is 4.41. The zero-order chi connectivity index (χ0) is 12.0. The van der Waals surface area contributed by atoms with Gasteiger partial charge in [-0.3, -0.25) is 4.79 Å². The maximum Gasteiger partial charge on any atom is 0.308 e. The van der Waals surface area contributed by atoms with E-state index < -0.39 is 5.97 Å². The van der Waals surface area contributed by atoms with E-state index in [2.05, 4.69) is 10.6 Å². The van der Waals surface area contributed by atoms with Gasteiger partial charge in [0.15, 0.2) is 0 Å². The van der Waals surface area contributed by atoms with Gasteiger partial charge in [-0.15, -0.1) is 0 Å². The molecule has 1 aromatic heterocycles. The van der Waals surface area contributed by atoms with Crippen LogP contribution in [0.25, 0.3) is 10.9 Å². The molecule has 4 heteroatoms. The zero-order valence-electron chi connectivity index (χ0n) is 9.51. The summed E-state index contributed by atoms with van der Waals surface area (Å²) < 4.78 is 7.28. The molecule has 0 radical (unpaired) electrons. The van der Waals surface area contributed by atoms with Gasteiger partial charge in [-0.2, -0.15) is 0 Å². The lowest BCUT2D eigenvalue weighted by Crippen LogP contribution is -2.14. The molecule has 1 N–H and O–H groups in total. The summed E-state index contributed by atoms with van der Waals surface area (Å²) in [5, 5.41) is 10.2. The largest absolute Gasteiger partial charge is 0.497 e. The number of carboxylic acids is 1. The molecule has 0 saturated carbocycles. The Kier molecular flexibility index (Phi) is 2.11. The summed E-state index contributed by atoms with van der Waals surface area (Å²) in [4.78, 5) is 11.0. The van der Waals surface area contributed by atoms with Crippen molar-refractivity contribution in [2.45, 2.75) is 13.0 Å². The minimum atomic E-state index is -0.718. The fourth-order valence-electron chi connectivity index (χ4n) is 2.51. The summed E-state index contributed by atoms with van der Waals surface area (Å²) in [5.41, 5.74) is 2.16. The summed E-state index contributed by atoms with van der Waals surface area (Å²) in [6.07, 6.45) is 0.617. The van der Waals surface area contributed by atoms with Gasteiger partial charge in [-0.25, -0.2) is 0 Å². The van der Waals surface area contributed by atoms with Crippen LogP contribution in [-0.2, 0) is 17.8 Å². The molecule has 1 unspecified atom stereocenters. The lowest BCUT2D eigenvalue weighted by atomic mass is 10.1. The Morgan fingerprint density at radius 3 is 3.00 bits per heavy atom. The third kappa shape index (κ3) is 1.48. The molecule has 1 aliphatic heterocycles. The minimum Gasteiger partial charge on any atom is -0.497 e. The van der Waals surface area contributed by atoms with E-state index in [1.54, 1.807) is 7.11 Å². The molecule has 2 heterocycles. The highest BCUT2D eigenvalue weighted by atomic mass is 16.5. The number of hydrogen-bond donors (Lipinski definition) is 1. The molecule has 17 heavy (non-hydrogen) atoms. The van der Waals surface area contributed by atoms with Gasteiger partial charge in [0.2, 0.25) is 0 Å². The van der Waals surface area contributed by atoms with Gasteiger partial charge >= 0.3 is 5.97 Å². The summed E-state index contributed by atoms with van der Waals surface area (Å²) >= 11 is 0. The number of aromatic nitrogens is 1. The average molecular weight is 231 g/mol. The van der Waals surface area contributed by atoms with Crippen molar-refractivity contribution < 1.29 is 14.6 Å². The van der Waals surface area contributed by atoms with Crippen LogP contribution < -0.4 is 4.74 Å². The number of carbonyl (C=O) groups is 1. The van der Waals surface area contributed by atoms with E-state index in [9.17, 15) is 4.79 Å². The number of carboxylic acid groups (broad SMARTS) is 1. The molecule has 2 aromatic rings. The molecule has 4 nitrogen and oxygen atoms in total. The van der Waals surface area contributed by atoms with E-state index in [1.807, 2.05) is 18.2 Å². The van der Waals surface area contributed by atoms with E-state index in [0.29, 0.717) is 13.0 Å². The number of nitrogens with zero attached hydrogens (tertiary/aromatic N) is 1. The van der Waals surface area contributed by atoms with Crippen molar-refractivity contribution in [2.24, 2.45) is 5.92 Å². The van der Waals surface area contributed by atoms with Crippen LogP contribution in [0.15, 0.2) is 24.3 Å². The van der Waals surface area contributed by atoms with Crippen molar-refractivity contribution in [3.63, 3.8) is 0 Å². The van der Waals surface area contributed by atoms with E-state index in [-0.39, 0.29) is 5.92 Å². The zero-order valence-corrected chi connectivity index (χ0v) is 9.51. The van der Waals surface area contributed by atoms with Crippen molar-refractivity contribution in [1.29, 1.82) is 0 Å². The molecule has 0 fully saturated rings. The maximum absolute atomic E-state index is 11.0. The SMILES string of the molecule is COc1ccc2cc3n(c2c1)CC(C(=O)O)C3. The van der Waals surface area contributed by atoms with Gasteiger partial charge in [-0.1, -0.05) is 0 Å². The Hall–Kier alpha value is -1.97. The predicted molar refractivity (Wildman–Crippen MR) is 63.3 cm³/mol. The average Bonchev–Trinajstić information content (AvgIpc) is 2.85. The lowest BCUT2D eigenvalue weighted by molar-refractivity contribution is -0.141. The standard InChI is InChI=1S/C13H13NO3/c1-17-11-3-2-8-4-10-5-9(13(15)16)7-14(10)12(8)6-11/h2-4,6,9H,5,7H2,1H3,(H,15,16). The number of rotatable bonds is 2. The van der Waals surface area contributed by atoms with Crippen molar-refractivity contribution in [3.05, 3.63) is 30.0 Å². The van der Waals surface area contributed by atoms with Crippen LogP contribution in [0.1, 0.15) is 5.69 Å². The smallest absolute Gasteiger partial charge is 0.308 e. The molecule has 0 saturated heterocycles. The normalized spacial score (nSPS) is 18.3. The van der Waals surface area contributed by atoms with Crippen molar-refractivity contribution in [1.82, 2.24) is 4.57 Å². The molecular formula is C13H13NO3. The Morgan fingerprint density at radius 1 is 1.47 bits per heavy atom. The number of benzene rings is 1. The number of hydrogen-bond acceptors (Lipinski definition) is 2. The van der Waals surface area contributed by atoms with Gasteiger partial charge in [0.25, 0.3) is 0 Å². The van der Waals surface area contributed by atoms with Crippen LogP contribution in [0.3, 0.4) is 0 Å². The Balaban J connectivity index is 2.10. The molecule has 0 bridgehead atoms. The number of fused-ring (bicyclic) bond motifs is 3. The molecule has 1 aromatic carbocycles. The van der Waals surface area contributed by atoms with E-state index in [4.69, 9.17) is 9.84 Å². The summed E-state index contributed by atoms with van der Waals surface area (Å²) in [7, 11) is 1.63. The monoisotopic (exact) mass is 231 g/mol. The van der Waals surface area contributed by atoms with Gasteiger partial charge in [-0.05, 0) is 18.2 Å². The molecular weight excluding hydrogens is 218 g/mol. The number of ether oxygens (including phenoxy) is 1. The molecule has 1 atom stereocenters. The van der Waals surface area contributed by atoms with Crippen LogP contribution in [0.5, 0.6) is 5.75 Å². The summed E-state index contributed by atoms with van der Waals surface area (Å²) in [6.45, 7) is 0.557. The third-order valence-corrected chi connectivity index (χ3v) is 3.40. The van der Waals surface area contributed by atoms with Crippen LogP contribution in [0.4, 0.5) is 0 Å². The predicted octanol–water partition coefficient (Wildman–Crippen LogP) is 1.91. The Labute approximate surface area is 98.4 Å². The Bertz CT molecular complexity index is 600. The fraction of sp³-hybridized carbons (Fsp3) is 0.308. The first-order chi connectivity index (χ1) is 8.19. The first-order valence-corrected chi connectivity index (χ1v) is 5.58. The highest BCUT2D eigenvalue weighted by Gasteiger charge is 2.28. The highest BCUT2D eigenvalue weighted by Crippen LogP contribution is 2.31. The Morgan fingerprint density at radius 2 is 2.29 bits per heavy atom. The third-order valence-electron chi connectivity index (χ3n) is 3.40. The van der Waals surface area contributed by atoms with Crippen LogP contribution in [0, 0.1) is 5.92 Å². The first-order valence-electron chi connectivity index (χ1n) is 5.58. The number of aliphatic carboxylic acids is 1. The van der Waals surface area contributed by atoms with E-state index in [1.165, 1.54) is 0 Å². The maximum atomic E-state index is 11.0. The van der Waals surface area contributed by atoms with Crippen LogP contribution in [0.2, 0.25) is 0 Å².